The first-order valence-electron chi connectivity index (χ1n) is 4.82. The number of carbonyl (C=O) groups is 1. The number of rotatable bonds is 1. The molecular formula is C11H10ClNO. The Balaban J connectivity index is 1.92. The minimum Gasteiger partial charge on any atom is -0.312 e. The molecule has 0 radical (unpaired) electrons. The van der Waals surface area contributed by atoms with Crippen LogP contribution >= 0.6 is 11.6 Å². The lowest BCUT2D eigenvalue weighted by molar-refractivity contribution is -0.118. The molecule has 1 heterocycles. The van der Waals surface area contributed by atoms with E-state index in [-0.39, 0.29) is 5.91 Å². The molecule has 1 saturated heterocycles. The van der Waals surface area contributed by atoms with Gasteiger partial charge in [0.15, 0.2) is 0 Å². The van der Waals surface area contributed by atoms with E-state index < -0.39 is 0 Å². The van der Waals surface area contributed by atoms with E-state index in [1.807, 2.05) is 29.2 Å². The number of benzene rings is 1. The highest BCUT2D eigenvalue weighted by Crippen LogP contribution is 2.47. The quantitative estimate of drug-likeness (QED) is 0.692. The zero-order valence-corrected chi connectivity index (χ0v) is 8.37. The number of fused-ring (bicyclic) bond motifs is 1. The highest BCUT2D eigenvalue weighted by molar-refractivity contribution is 6.30. The maximum Gasteiger partial charge on any atom is 0.230 e. The Morgan fingerprint density at radius 2 is 2.29 bits per heavy atom. The number of anilines is 1. The number of amides is 1. The lowest BCUT2D eigenvalue weighted by atomic mass is 10.3. The second-order valence-corrected chi connectivity index (χ2v) is 4.47. The maximum atomic E-state index is 11.7. The molecule has 72 valence electrons. The summed E-state index contributed by atoms with van der Waals surface area (Å²) in [7, 11) is 0. The fourth-order valence-corrected chi connectivity index (χ4v) is 2.34. The van der Waals surface area contributed by atoms with Crippen molar-refractivity contribution in [1.82, 2.24) is 0 Å². The average molecular weight is 208 g/mol. The molecule has 1 aliphatic heterocycles. The molecule has 1 saturated carbocycles. The zero-order chi connectivity index (χ0) is 9.71. The molecule has 2 atom stereocenters. The standard InChI is InChI=1S/C11H10ClNO/c12-8-2-1-3-9(5-8)13-6-7-4-10(7)11(13)14/h1-3,5,7,10H,4,6H2. The van der Waals surface area contributed by atoms with Gasteiger partial charge in [0.2, 0.25) is 5.91 Å². The number of carbonyl (C=O) groups excluding carboxylic acids is 1. The van der Waals surface area contributed by atoms with Crippen LogP contribution in [0.5, 0.6) is 0 Å². The maximum absolute atomic E-state index is 11.7. The van der Waals surface area contributed by atoms with Crippen molar-refractivity contribution < 1.29 is 4.79 Å². The van der Waals surface area contributed by atoms with E-state index in [0.717, 1.165) is 18.7 Å². The van der Waals surface area contributed by atoms with Crippen LogP contribution in [0, 0.1) is 11.8 Å². The Morgan fingerprint density at radius 1 is 1.43 bits per heavy atom. The van der Waals surface area contributed by atoms with Crippen molar-refractivity contribution in [3.05, 3.63) is 29.3 Å². The highest BCUT2D eigenvalue weighted by atomic mass is 35.5. The monoisotopic (exact) mass is 207 g/mol. The van der Waals surface area contributed by atoms with Crippen LogP contribution in [0.2, 0.25) is 5.02 Å². The van der Waals surface area contributed by atoms with E-state index in [1.165, 1.54) is 0 Å². The van der Waals surface area contributed by atoms with Crippen molar-refractivity contribution in [3.8, 4) is 0 Å². The van der Waals surface area contributed by atoms with Gasteiger partial charge in [-0.2, -0.15) is 0 Å². The Hall–Kier alpha value is -1.02. The summed E-state index contributed by atoms with van der Waals surface area (Å²) < 4.78 is 0. The van der Waals surface area contributed by atoms with Crippen molar-refractivity contribution in [2.45, 2.75) is 6.42 Å². The van der Waals surface area contributed by atoms with Gasteiger partial charge in [0.05, 0.1) is 0 Å². The van der Waals surface area contributed by atoms with Gasteiger partial charge in [0, 0.05) is 23.2 Å². The van der Waals surface area contributed by atoms with Crippen LogP contribution in [-0.2, 0) is 4.79 Å². The number of nitrogens with zero attached hydrogens (tertiary/aromatic N) is 1. The summed E-state index contributed by atoms with van der Waals surface area (Å²) in [6, 6.07) is 7.50. The van der Waals surface area contributed by atoms with Gasteiger partial charge in [0.25, 0.3) is 0 Å². The summed E-state index contributed by atoms with van der Waals surface area (Å²) in [5.74, 6) is 1.20. The van der Waals surface area contributed by atoms with E-state index >= 15 is 0 Å². The SMILES string of the molecule is O=C1C2CC2CN1c1cccc(Cl)c1. The van der Waals surface area contributed by atoms with Gasteiger partial charge in [0.1, 0.15) is 0 Å². The van der Waals surface area contributed by atoms with E-state index in [2.05, 4.69) is 0 Å². The van der Waals surface area contributed by atoms with Gasteiger partial charge in [-0.1, -0.05) is 17.7 Å². The molecule has 2 fully saturated rings. The summed E-state index contributed by atoms with van der Waals surface area (Å²) >= 11 is 5.88. The molecule has 2 aliphatic rings. The van der Waals surface area contributed by atoms with Crippen LogP contribution in [0.1, 0.15) is 6.42 Å². The average Bonchev–Trinajstić information content (AvgIpc) is 2.86. The topological polar surface area (TPSA) is 20.3 Å². The molecule has 1 aromatic carbocycles. The lowest BCUT2D eigenvalue weighted by Crippen LogP contribution is -2.27. The summed E-state index contributed by atoms with van der Waals surface area (Å²) in [5.41, 5.74) is 0.940. The highest BCUT2D eigenvalue weighted by Gasteiger charge is 2.52. The number of hydrogen-bond acceptors (Lipinski definition) is 1. The molecule has 14 heavy (non-hydrogen) atoms. The van der Waals surface area contributed by atoms with Crippen LogP contribution in [0.15, 0.2) is 24.3 Å². The molecule has 1 amide bonds. The predicted molar refractivity (Wildman–Crippen MR) is 55.4 cm³/mol. The van der Waals surface area contributed by atoms with Gasteiger partial charge >= 0.3 is 0 Å². The van der Waals surface area contributed by atoms with Crippen molar-refractivity contribution in [2.24, 2.45) is 11.8 Å². The second-order valence-electron chi connectivity index (χ2n) is 4.03. The lowest BCUT2D eigenvalue weighted by Gasteiger charge is -2.18. The van der Waals surface area contributed by atoms with Crippen LogP contribution < -0.4 is 4.90 Å². The third-order valence-corrected chi connectivity index (χ3v) is 3.28. The summed E-state index contributed by atoms with van der Waals surface area (Å²) in [5, 5.41) is 0.691. The van der Waals surface area contributed by atoms with Gasteiger partial charge in [-0.25, -0.2) is 0 Å². The van der Waals surface area contributed by atoms with Crippen LogP contribution in [0.25, 0.3) is 0 Å². The summed E-state index contributed by atoms with van der Waals surface area (Å²) in [6.07, 6.45) is 1.09. The van der Waals surface area contributed by atoms with Gasteiger partial charge in [-0.3, -0.25) is 4.79 Å². The van der Waals surface area contributed by atoms with Crippen LogP contribution in [-0.4, -0.2) is 12.5 Å². The van der Waals surface area contributed by atoms with E-state index in [4.69, 9.17) is 11.6 Å². The fourth-order valence-electron chi connectivity index (χ4n) is 2.15. The Kier molecular flexibility index (Phi) is 1.62. The smallest absolute Gasteiger partial charge is 0.230 e. The second kappa shape index (κ2) is 2.74. The van der Waals surface area contributed by atoms with Gasteiger partial charge in [-0.15, -0.1) is 0 Å². The van der Waals surface area contributed by atoms with E-state index in [0.29, 0.717) is 16.9 Å². The molecule has 2 nitrogen and oxygen atoms in total. The summed E-state index contributed by atoms with van der Waals surface area (Å²) in [6.45, 7) is 0.879. The van der Waals surface area contributed by atoms with Gasteiger partial charge < -0.3 is 4.90 Å². The zero-order valence-electron chi connectivity index (χ0n) is 7.61. The Morgan fingerprint density at radius 3 is 2.93 bits per heavy atom. The first-order chi connectivity index (χ1) is 6.75. The fraction of sp³-hybridized carbons (Fsp3) is 0.364. The third-order valence-electron chi connectivity index (χ3n) is 3.04. The first kappa shape index (κ1) is 8.30. The minimum absolute atomic E-state index is 0.275. The van der Waals surface area contributed by atoms with Crippen LogP contribution in [0.3, 0.4) is 0 Å². The molecule has 3 heteroatoms. The first-order valence-corrected chi connectivity index (χ1v) is 5.20. The molecule has 0 N–H and O–H groups in total. The van der Waals surface area contributed by atoms with Crippen molar-refractivity contribution in [2.75, 3.05) is 11.4 Å². The molecule has 3 rings (SSSR count). The third kappa shape index (κ3) is 1.14. The molecule has 0 spiro atoms. The number of piperidine rings is 1. The molecule has 0 bridgehead atoms. The Bertz CT molecular complexity index is 404. The van der Waals surface area contributed by atoms with E-state index in [1.54, 1.807) is 0 Å². The van der Waals surface area contributed by atoms with Gasteiger partial charge in [-0.05, 0) is 30.5 Å². The normalized spacial score (nSPS) is 29.2. The number of hydrogen-bond donors (Lipinski definition) is 0. The van der Waals surface area contributed by atoms with E-state index in [9.17, 15) is 4.79 Å². The largest absolute Gasteiger partial charge is 0.312 e. The number of halogens is 1. The molecular weight excluding hydrogens is 198 g/mol. The Labute approximate surface area is 87.5 Å². The van der Waals surface area contributed by atoms with Crippen LogP contribution in [0.4, 0.5) is 5.69 Å². The molecule has 1 aliphatic carbocycles. The molecule has 0 aromatic heterocycles. The van der Waals surface area contributed by atoms with Crippen molar-refractivity contribution >= 4 is 23.2 Å². The predicted octanol–water partition coefficient (Wildman–Crippen LogP) is 2.32. The minimum atomic E-state index is 0.275. The van der Waals surface area contributed by atoms with Crippen molar-refractivity contribution in [3.63, 3.8) is 0 Å². The summed E-state index contributed by atoms with van der Waals surface area (Å²) in [4.78, 5) is 13.6. The van der Waals surface area contributed by atoms with Crippen molar-refractivity contribution in [1.29, 1.82) is 0 Å². The molecule has 2 unspecified atom stereocenters. The molecule has 1 aromatic rings.